The van der Waals surface area contributed by atoms with Crippen LogP contribution in [0.15, 0.2) is 60.7 Å². The van der Waals surface area contributed by atoms with Crippen LogP contribution in [-0.2, 0) is 31.6 Å². The molecular formula is C36H53N3O5S. The van der Waals surface area contributed by atoms with Gasteiger partial charge in [0.15, 0.2) is 9.84 Å². The Morgan fingerprint density at radius 1 is 0.911 bits per heavy atom. The quantitative estimate of drug-likeness (QED) is 0.311. The first-order valence-corrected chi connectivity index (χ1v) is 18.1. The molecule has 5 unspecified atom stereocenters. The number of aliphatic hydroxyl groups excluding tert-OH is 1. The number of nitrogens with one attached hydrogen (secondary N) is 2. The number of rotatable bonds is 12. The maximum atomic E-state index is 13.5. The van der Waals surface area contributed by atoms with Gasteiger partial charge in [-0.1, -0.05) is 79.9 Å². The Hall–Kier alpha value is -2.75. The van der Waals surface area contributed by atoms with E-state index < -0.39 is 32.6 Å². The van der Waals surface area contributed by atoms with Gasteiger partial charge >= 0.3 is 0 Å². The van der Waals surface area contributed by atoms with Crippen LogP contribution in [0.3, 0.4) is 0 Å². The standard InChI is InChI=1S/C36H53N3O5S/c1-35(2,3)38-34(42)31-21-28-18-12-13-19-29(28)23-39(31)24-32(40)30(20-26-14-8-6-9-15-26)37-33(41)22-36(4,5)45(43,44)25-27-16-10-7-11-17-27/h6-11,14-17,28-32,40H,12-13,18-25H2,1-5H3,(H,37,41)(H,38,42). The molecule has 1 heterocycles. The lowest BCUT2D eigenvalue weighted by molar-refractivity contribution is -0.133. The van der Waals surface area contributed by atoms with E-state index in [0.717, 1.165) is 31.4 Å². The number of fused-ring (bicyclic) bond motifs is 1. The van der Waals surface area contributed by atoms with Crippen molar-refractivity contribution < 1.29 is 23.1 Å². The summed E-state index contributed by atoms with van der Waals surface area (Å²) in [4.78, 5) is 29.2. The summed E-state index contributed by atoms with van der Waals surface area (Å²) in [6, 6.07) is 17.6. The van der Waals surface area contributed by atoms with E-state index in [1.54, 1.807) is 38.1 Å². The van der Waals surface area contributed by atoms with E-state index in [1.807, 2.05) is 57.2 Å². The van der Waals surface area contributed by atoms with Crippen LogP contribution < -0.4 is 10.6 Å². The van der Waals surface area contributed by atoms with Gasteiger partial charge in [0, 0.05) is 25.0 Å². The van der Waals surface area contributed by atoms with Gasteiger partial charge in [0.1, 0.15) is 0 Å². The predicted molar refractivity (Wildman–Crippen MR) is 179 cm³/mol. The van der Waals surface area contributed by atoms with Crippen molar-refractivity contribution in [2.24, 2.45) is 11.8 Å². The predicted octanol–water partition coefficient (Wildman–Crippen LogP) is 4.65. The number of aliphatic hydroxyl groups is 1. The maximum absolute atomic E-state index is 13.5. The first-order valence-electron chi connectivity index (χ1n) is 16.5. The van der Waals surface area contributed by atoms with Gasteiger partial charge in [-0.15, -0.1) is 0 Å². The number of hydrogen-bond acceptors (Lipinski definition) is 6. The molecule has 2 amide bonds. The number of sulfone groups is 1. The first kappa shape index (κ1) is 35.1. The number of amides is 2. The van der Waals surface area contributed by atoms with Crippen LogP contribution in [0.4, 0.5) is 0 Å². The number of carbonyl (C=O) groups is 2. The third-order valence-corrected chi connectivity index (χ3v) is 12.0. The minimum absolute atomic E-state index is 0.0206. The van der Waals surface area contributed by atoms with Gasteiger partial charge in [0.25, 0.3) is 0 Å². The Balaban J connectivity index is 1.51. The smallest absolute Gasteiger partial charge is 0.237 e. The Morgan fingerprint density at radius 2 is 1.49 bits per heavy atom. The molecule has 2 aromatic rings. The summed E-state index contributed by atoms with van der Waals surface area (Å²) in [5, 5.41) is 17.9. The van der Waals surface area contributed by atoms with Gasteiger partial charge in [0.2, 0.25) is 11.8 Å². The van der Waals surface area contributed by atoms with Gasteiger partial charge in [-0.05, 0) is 76.8 Å². The highest BCUT2D eigenvalue weighted by Gasteiger charge is 2.42. The summed E-state index contributed by atoms with van der Waals surface area (Å²) in [5.74, 6) is 0.391. The molecule has 1 aliphatic heterocycles. The van der Waals surface area contributed by atoms with Gasteiger partial charge in [-0.25, -0.2) is 8.42 Å². The zero-order chi connectivity index (χ0) is 32.8. The van der Waals surface area contributed by atoms with E-state index in [0.29, 0.717) is 23.8 Å². The highest BCUT2D eigenvalue weighted by molar-refractivity contribution is 7.92. The molecule has 45 heavy (non-hydrogen) atoms. The largest absolute Gasteiger partial charge is 0.390 e. The molecular weight excluding hydrogens is 586 g/mol. The normalized spacial score (nSPS) is 22.6. The van der Waals surface area contributed by atoms with Crippen LogP contribution in [0, 0.1) is 11.8 Å². The molecule has 4 rings (SSSR count). The minimum atomic E-state index is -3.66. The van der Waals surface area contributed by atoms with Crippen molar-refractivity contribution in [2.45, 2.75) is 114 Å². The minimum Gasteiger partial charge on any atom is -0.390 e. The summed E-state index contributed by atoms with van der Waals surface area (Å²) in [5.41, 5.74) is 1.25. The fourth-order valence-corrected chi connectivity index (χ4v) is 8.26. The Morgan fingerprint density at radius 3 is 2.09 bits per heavy atom. The second-order valence-corrected chi connectivity index (χ2v) is 17.5. The number of β-amino-alcohol motifs (C(OH)–C–C–N with tert-alkyl or cyclic N) is 1. The molecule has 1 saturated carbocycles. The fourth-order valence-electron chi connectivity index (χ4n) is 6.89. The van der Waals surface area contributed by atoms with E-state index in [4.69, 9.17) is 0 Å². The highest BCUT2D eigenvalue weighted by Crippen LogP contribution is 2.39. The van der Waals surface area contributed by atoms with E-state index in [9.17, 15) is 23.1 Å². The van der Waals surface area contributed by atoms with Crippen LogP contribution in [-0.4, -0.2) is 71.8 Å². The summed E-state index contributed by atoms with van der Waals surface area (Å²) in [7, 11) is -3.66. The maximum Gasteiger partial charge on any atom is 0.237 e. The Bertz CT molecular complexity index is 1370. The van der Waals surface area contributed by atoms with E-state index in [1.165, 1.54) is 12.8 Å². The average Bonchev–Trinajstić information content (AvgIpc) is 2.96. The van der Waals surface area contributed by atoms with E-state index in [-0.39, 0.29) is 36.2 Å². The number of nitrogens with zero attached hydrogens (tertiary/aromatic N) is 1. The number of hydrogen-bond donors (Lipinski definition) is 3. The second-order valence-electron chi connectivity index (χ2n) is 14.9. The summed E-state index contributed by atoms with van der Waals surface area (Å²) < 4.78 is 25.4. The SMILES string of the molecule is CC(C)(C)NC(=O)C1CC2CCCCC2CN1CC(O)C(Cc1ccccc1)NC(=O)CC(C)(C)S(=O)(=O)Cc1ccccc1. The average molecular weight is 640 g/mol. The van der Waals surface area contributed by atoms with Crippen molar-refractivity contribution in [1.29, 1.82) is 0 Å². The summed E-state index contributed by atoms with van der Waals surface area (Å²) in [6.07, 6.45) is 4.59. The molecule has 2 aliphatic rings. The van der Waals surface area contributed by atoms with Gasteiger partial charge in [0.05, 0.1) is 28.7 Å². The first-order chi connectivity index (χ1) is 21.1. The number of carbonyl (C=O) groups excluding carboxylic acids is 2. The van der Waals surface area contributed by atoms with Crippen LogP contribution in [0.25, 0.3) is 0 Å². The molecule has 2 aromatic carbocycles. The van der Waals surface area contributed by atoms with Crippen molar-refractivity contribution in [2.75, 3.05) is 13.1 Å². The fraction of sp³-hybridized carbons (Fsp3) is 0.611. The third kappa shape index (κ3) is 9.87. The third-order valence-electron chi connectivity index (χ3n) is 9.46. The highest BCUT2D eigenvalue weighted by atomic mass is 32.2. The lowest BCUT2D eigenvalue weighted by Crippen LogP contribution is -2.60. The van der Waals surface area contributed by atoms with Gasteiger partial charge in [-0.3, -0.25) is 14.5 Å². The molecule has 0 aromatic heterocycles. The molecule has 248 valence electrons. The molecule has 1 aliphatic carbocycles. The zero-order valence-electron chi connectivity index (χ0n) is 27.7. The Kier molecular flexibility index (Phi) is 11.5. The lowest BCUT2D eigenvalue weighted by atomic mass is 9.72. The second kappa shape index (κ2) is 14.8. The molecule has 5 atom stereocenters. The van der Waals surface area contributed by atoms with E-state index in [2.05, 4.69) is 15.5 Å². The summed E-state index contributed by atoms with van der Waals surface area (Å²) in [6.45, 7) is 10.1. The van der Waals surface area contributed by atoms with Crippen LogP contribution in [0.5, 0.6) is 0 Å². The van der Waals surface area contributed by atoms with E-state index >= 15 is 0 Å². The number of likely N-dealkylation sites (tertiary alicyclic amines) is 1. The topological polar surface area (TPSA) is 116 Å². The van der Waals surface area contributed by atoms with Crippen LogP contribution in [0.1, 0.15) is 84.3 Å². The van der Waals surface area contributed by atoms with Crippen LogP contribution >= 0.6 is 0 Å². The molecule has 0 spiro atoms. The Labute approximate surface area is 270 Å². The lowest BCUT2D eigenvalue weighted by Gasteiger charge is -2.47. The molecule has 1 saturated heterocycles. The molecule has 9 heteroatoms. The monoisotopic (exact) mass is 639 g/mol. The zero-order valence-corrected chi connectivity index (χ0v) is 28.5. The molecule has 0 bridgehead atoms. The molecule has 8 nitrogen and oxygen atoms in total. The molecule has 2 fully saturated rings. The van der Waals surface area contributed by atoms with Crippen molar-refractivity contribution in [3.8, 4) is 0 Å². The summed E-state index contributed by atoms with van der Waals surface area (Å²) >= 11 is 0. The number of piperidine rings is 1. The molecule has 0 radical (unpaired) electrons. The van der Waals surface area contributed by atoms with Crippen molar-refractivity contribution in [3.05, 3.63) is 71.8 Å². The van der Waals surface area contributed by atoms with Crippen molar-refractivity contribution in [3.63, 3.8) is 0 Å². The molecule has 3 N–H and O–H groups in total. The number of benzene rings is 2. The van der Waals surface area contributed by atoms with Gasteiger partial charge < -0.3 is 15.7 Å². The van der Waals surface area contributed by atoms with Crippen molar-refractivity contribution >= 4 is 21.7 Å². The van der Waals surface area contributed by atoms with Gasteiger partial charge in [-0.2, -0.15) is 0 Å². The van der Waals surface area contributed by atoms with Crippen molar-refractivity contribution in [1.82, 2.24) is 15.5 Å². The van der Waals surface area contributed by atoms with Crippen LogP contribution in [0.2, 0.25) is 0 Å².